The highest BCUT2D eigenvalue weighted by Crippen LogP contribution is 2.24. The molecule has 0 saturated carbocycles. The maximum Gasteiger partial charge on any atom is 0.0446 e. The van der Waals surface area contributed by atoms with E-state index in [1.807, 2.05) is 0 Å². The first-order valence-electron chi connectivity index (χ1n) is 8.63. The topological polar surface area (TPSA) is 15.3 Å². The third-order valence-corrected chi connectivity index (χ3v) is 4.86. The van der Waals surface area contributed by atoms with Gasteiger partial charge in [0.25, 0.3) is 0 Å². The predicted molar refractivity (Wildman–Crippen MR) is 91.8 cm³/mol. The molecule has 0 bridgehead atoms. The Kier molecular flexibility index (Phi) is 6.25. The highest BCUT2D eigenvalue weighted by atomic mass is 15.2. The van der Waals surface area contributed by atoms with Crippen molar-refractivity contribution in [1.82, 2.24) is 10.2 Å². The molecule has 0 aliphatic carbocycles. The van der Waals surface area contributed by atoms with Gasteiger partial charge in [0.2, 0.25) is 0 Å². The van der Waals surface area contributed by atoms with Crippen molar-refractivity contribution < 1.29 is 0 Å². The van der Waals surface area contributed by atoms with Gasteiger partial charge in [-0.1, -0.05) is 51.5 Å². The maximum absolute atomic E-state index is 3.50. The number of likely N-dealkylation sites (N-methyl/N-ethyl adjacent to an activating group) is 1. The first-order chi connectivity index (χ1) is 10.1. The highest BCUT2D eigenvalue weighted by molar-refractivity contribution is 5.27. The van der Waals surface area contributed by atoms with Crippen molar-refractivity contribution >= 4 is 0 Å². The smallest absolute Gasteiger partial charge is 0.0446 e. The predicted octanol–water partition coefficient (Wildman–Crippen LogP) is 4.19. The third-order valence-electron chi connectivity index (χ3n) is 4.86. The Morgan fingerprint density at radius 1 is 1.19 bits per heavy atom. The van der Waals surface area contributed by atoms with Gasteiger partial charge in [0, 0.05) is 19.1 Å². The fourth-order valence-electron chi connectivity index (χ4n) is 3.46. The third kappa shape index (κ3) is 4.55. The molecular weight excluding hydrogens is 256 g/mol. The summed E-state index contributed by atoms with van der Waals surface area (Å²) in [6.07, 6.45) is 4.10. The molecule has 1 saturated heterocycles. The number of likely N-dealkylation sites (tertiary alicyclic amines) is 1. The molecule has 2 heteroatoms. The van der Waals surface area contributed by atoms with E-state index in [4.69, 9.17) is 0 Å². The van der Waals surface area contributed by atoms with Crippen LogP contribution in [-0.2, 0) is 0 Å². The van der Waals surface area contributed by atoms with Crippen LogP contribution in [-0.4, -0.2) is 31.6 Å². The van der Waals surface area contributed by atoms with Gasteiger partial charge in [-0.25, -0.2) is 0 Å². The van der Waals surface area contributed by atoms with Crippen molar-refractivity contribution in [1.29, 1.82) is 0 Å². The van der Waals surface area contributed by atoms with Gasteiger partial charge in [0.15, 0.2) is 0 Å². The van der Waals surface area contributed by atoms with E-state index in [1.54, 1.807) is 0 Å². The van der Waals surface area contributed by atoms with Crippen molar-refractivity contribution in [3.05, 3.63) is 35.4 Å². The summed E-state index contributed by atoms with van der Waals surface area (Å²) in [4.78, 5) is 2.64. The summed E-state index contributed by atoms with van der Waals surface area (Å²) in [5.41, 5.74) is 2.85. The monoisotopic (exact) mass is 288 g/mol. The summed E-state index contributed by atoms with van der Waals surface area (Å²) < 4.78 is 0. The zero-order valence-corrected chi connectivity index (χ0v) is 14.2. The maximum atomic E-state index is 3.50. The number of nitrogens with zero attached hydrogens (tertiary/aromatic N) is 1. The SMILES string of the molecule is CCCC1CCN(CC(NC)c2ccc(C(C)C)cc2)C1. The summed E-state index contributed by atoms with van der Waals surface area (Å²) in [7, 11) is 2.08. The zero-order valence-electron chi connectivity index (χ0n) is 14.2. The van der Waals surface area contributed by atoms with E-state index in [0.29, 0.717) is 12.0 Å². The second-order valence-electron chi connectivity index (χ2n) is 6.87. The van der Waals surface area contributed by atoms with E-state index >= 15 is 0 Å². The lowest BCUT2D eigenvalue weighted by atomic mass is 9.99. The standard InChI is InChI=1S/C19H32N2/c1-5-6-16-11-12-21(13-16)14-19(20-4)18-9-7-17(8-10-18)15(2)3/h7-10,15-16,19-20H,5-6,11-14H2,1-4H3. The first kappa shape index (κ1) is 16.5. The molecule has 0 radical (unpaired) electrons. The molecule has 2 rings (SSSR count). The quantitative estimate of drug-likeness (QED) is 0.809. The molecule has 2 nitrogen and oxygen atoms in total. The van der Waals surface area contributed by atoms with Crippen molar-refractivity contribution in [2.24, 2.45) is 5.92 Å². The fraction of sp³-hybridized carbons (Fsp3) is 0.684. The fourth-order valence-corrected chi connectivity index (χ4v) is 3.46. The Labute approximate surface area is 130 Å². The lowest BCUT2D eigenvalue weighted by Crippen LogP contribution is -2.32. The lowest BCUT2D eigenvalue weighted by molar-refractivity contribution is 0.286. The number of benzene rings is 1. The van der Waals surface area contributed by atoms with Gasteiger partial charge < -0.3 is 10.2 Å². The summed E-state index contributed by atoms with van der Waals surface area (Å²) in [6.45, 7) is 10.5. The zero-order chi connectivity index (χ0) is 15.2. The molecule has 21 heavy (non-hydrogen) atoms. The van der Waals surface area contributed by atoms with Gasteiger partial charge in [0.1, 0.15) is 0 Å². The minimum absolute atomic E-state index is 0.451. The molecule has 2 unspecified atom stereocenters. The van der Waals surface area contributed by atoms with Gasteiger partial charge in [-0.3, -0.25) is 0 Å². The molecule has 0 aromatic heterocycles. The molecule has 0 amide bonds. The first-order valence-corrected chi connectivity index (χ1v) is 8.63. The van der Waals surface area contributed by atoms with Gasteiger partial charge in [0.05, 0.1) is 0 Å². The van der Waals surface area contributed by atoms with Crippen molar-refractivity contribution in [3.8, 4) is 0 Å². The van der Waals surface area contributed by atoms with E-state index < -0.39 is 0 Å². The van der Waals surface area contributed by atoms with Gasteiger partial charge in [-0.15, -0.1) is 0 Å². The van der Waals surface area contributed by atoms with Crippen LogP contribution in [0.5, 0.6) is 0 Å². The van der Waals surface area contributed by atoms with Crippen LogP contribution >= 0.6 is 0 Å². The second kappa shape index (κ2) is 7.95. The minimum Gasteiger partial charge on any atom is -0.312 e. The molecule has 0 spiro atoms. The van der Waals surface area contributed by atoms with Crippen LogP contribution in [0, 0.1) is 5.92 Å². The van der Waals surface area contributed by atoms with Crippen molar-refractivity contribution in [2.75, 3.05) is 26.7 Å². The van der Waals surface area contributed by atoms with E-state index in [1.165, 1.54) is 43.5 Å². The molecule has 1 aliphatic rings. The molecule has 1 aromatic carbocycles. The summed E-state index contributed by atoms with van der Waals surface area (Å²) >= 11 is 0. The van der Waals surface area contributed by atoms with Crippen molar-refractivity contribution in [2.45, 2.75) is 52.0 Å². The van der Waals surface area contributed by atoms with E-state index in [0.717, 1.165) is 12.5 Å². The minimum atomic E-state index is 0.451. The van der Waals surface area contributed by atoms with E-state index in [2.05, 4.69) is 62.3 Å². The van der Waals surface area contributed by atoms with E-state index in [9.17, 15) is 0 Å². The molecular formula is C19H32N2. The summed E-state index contributed by atoms with van der Waals surface area (Å²) in [5.74, 6) is 1.54. The molecule has 1 aromatic rings. The van der Waals surface area contributed by atoms with Crippen LogP contribution in [0.3, 0.4) is 0 Å². The Bertz CT molecular complexity index is 410. The average Bonchev–Trinajstić information content (AvgIpc) is 2.92. The number of hydrogen-bond donors (Lipinski definition) is 1. The van der Waals surface area contributed by atoms with Crippen LogP contribution in [0.4, 0.5) is 0 Å². The van der Waals surface area contributed by atoms with Gasteiger partial charge >= 0.3 is 0 Å². The Balaban J connectivity index is 1.94. The molecule has 1 fully saturated rings. The number of rotatable bonds is 7. The van der Waals surface area contributed by atoms with Crippen LogP contribution in [0.15, 0.2) is 24.3 Å². The summed E-state index contributed by atoms with van der Waals surface area (Å²) in [5, 5.41) is 3.50. The summed E-state index contributed by atoms with van der Waals surface area (Å²) in [6, 6.07) is 9.63. The van der Waals surface area contributed by atoms with Gasteiger partial charge in [-0.2, -0.15) is 0 Å². The molecule has 1 aliphatic heterocycles. The second-order valence-corrected chi connectivity index (χ2v) is 6.87. The molecule has 1 N–H and O–H groups in total. The van der Waals surface area contributed by atoms with E-state index in [-0.39, 0.29) is 0 Å². The van der Waals surface area contributed by atoms with Crippen LogP contribution in [0.2, 0.25) is 0 Å². The lowest BCUT2D eigenvalue weighted by Gasteiger charge is -2.24. The highest BCUT2D eigenvalue weighted by Gasteiger charge is 2.24. The Morgan fingerprint density at radius 3 is 2.43 bits per heavy atom. The largest absolute Gasteiger partial charge is 0.312 e. The van der Waals surface area contributed by atoms with Crippen LogP contribution < -0.4 is 5.32 Å². The average molecular weight is 288 g/mol. The number of nitrogens with one attached hydrogen (secondary N) is 1. The van der Waals surface area contributed by atoms with Crippen LogP contribution in [0.1, 0.15) is 63.1 Å². The molecule has 2 atom stereocenters. The van der Waals surface area contributed by atoms with Gasteiger partial charge in [-0.05, 0) is 49.4 Å². The molecule has 118 valence electrons. The normalized spacial score (nSPS) is 21.1. The Hall–Kier alpha value is -0.860. The van der Waals surface area contributed by atoms with Crippen LogP contribution in [0.25, 0.3) is 0 Å². The molecule has 1 heterocycles. The number of hydrogen-bond acceptors (Lipinski definition) is 2. The van der Waals surface area contributed by atoms with Crippen molar-refractivity contribution in [3.63, 3.8) is 0 Å². The Morgan fingerprint density at radius 2 is 1.86 bits per heavy atom.